The van der Waals surface area contributed by atoms with Gasteiger partial charge in [0.1, 0.15) is 24.4 Å². The molecule has 49 heavy (non-hydrogen) atoms. The van der Waals surface area contributed by atoms with E-state index in [0.29, 0.717) is 19.3 Å². The van der Waals surface area contributed by atoms with Gasteiger partial charge in [-0.05, 0) is 112 Å². The Bertz CT molecular complexity index is 1280. The highest BCUT2D eigenvalue weighted by molar-refractivity contribution is 5.78. The van der Waals surface area contributed by atoms with Crippen LogP contribution in [0.3, 0.4) is 0 Å². The molecule has 1 heterocycles. The molecule has 17 atom stereocenters. The van der Waals surface area contributed by atoms with E-state index < -0.39 is 83.4 Å². The van der Waals surface area contributed by atoms with Crippen LogP contribution in [0.4, 0.5) is 0 Å². The molecule has 17 unspecified atom stereocenters. The summed E-state index contributed by atoms with van der Waals surface area (Å²) in [6, 6.07) is 0. The molecule has 6 aliphatic rings. The van der Waals surface area contributed by atoms with Gasteiger partial charge in [-0.15, -0.1) is 0 Å². The SMILES string of the molecule is CC(C)C(O)(CO)CCC(C)(O)C1CCC2(C)C3CCC4C(C)(C(=O)OC5OC(CO)C(O)C(O)C5O)C(O)CC(O)C45CC35CCC12C. The summed E-state index contributed by atoms with van der Waals surface area (Å²) < 4.78 is 11.2. The van der Waals surface area contributed by atoms with Crippen LogP contribution in [0.1, 0.15) is 106 Å². The van der Waals surface area contributed by atoms with Gasteiger partial charge in [-0.2, -0.15) is 0 Å². The molecule has 1 saturated heterocycles. The first-order chi connectivity index (χ1) is 22.7. The van der Waals surface area contributed by atoms with Crippen molar-refractivity contribution in [2.24, 2.45) is 50.7 Å². The van der Waals surface area contributed by atoms with Gasteiger partial charge in [0, 0.05) is 11.8 Å². The van der Waals surface area contributed by atoms with Crippen molar-refractivity contribution in [3.8, 4) is 0 Å². The molecule has 6 rings (SSSR count). The van der Waals surface area contributed by atoms with Gasteiger partial charge in [-0.3, -0.25) is 4.79 Å². The lowest BCUT2D eigenvalue weighted by Gasteiger charge is -2.64. The third-order valence-corrected chi connectivity index (χ3v) is 16.5. The first-order valence-electron chi connectivity index (χ1n) is 18.6. The molecule has 5 aliphatic carbocycles. The van der Waals surface area contributed by atoms with Gasteiger partial charge in [0.2, 0.25) is 6.29 Å². The van der Waals surface area contributed by atoms with Crippen LogP contribution in [0.15, 0.2) is 0 Å². The van der Waals surface area contributed by atoms with Crippen molar-refractivity contribution >= 4 is 5.97 Å². The van der Waals surface area contributed by atoms with Crippen LogP contribution in [0.5, 0.6) is 0 Å². The summed E-state index contributed by atoms with van der Waals surface area (Å²) in [6.07, 6.45) is -4.00. The predicted molar refractivity (Wildman–Crippen MR) is 175 cm³/mol. The zero-order valence-electron chi connectivity index (χ0n) is 30.1. The number of ether oxygens (including phenoxy) is 2. The maximum absolute atomic E-state index is 14.1. The number of hydrogen-bond donors (Lipinski definition) is 9. The molecule has 12 heteroatoms. The molecule has 0 amide bonds. The summed E-state index contributed by atoms with van der Waals surface area (Å²) in [5.41, 5.74) is -5.04. The monoisotopic (exact) mass is 698 g/mol. The number of aliphatic hydroxyl groups excluding tert-OH is 7. The van der Waals surface area contributed by atoms with Crippen LogP contribution in [-0.4, -0.2) is 119 Å². The van der Waals surface area contributed by atoms with Gasteiger partial charge in [0.25, 0.3) is 0 Å². The number of aliphatic hydroxyl groups is 9. The lowest BCUT2D eigenvalue weighted by molar-refractivity contribution is -0.300. The van der Waals surface area contributed by atoms with Crippen molar-refractivity contribution in [1.82, 2.24) is 0 Å². The first-order valence-corrected chi connectivity index (χ1v) is 18.6. The van der Waals surface area contributed by atoms with Gasteiger partial charge in [0.05, 0.1) is 42.0 Å². The number of carbonyl (C=O) groups excluding carboxylic acids is 1. The number of esters is 1. The fraction of sp³-hybridized carbons (Fsp3) is 0.973. The van der Waals surface area contributed by atoms with Crippen LogP contribution in [0.25, 0.3) is 0 Å². The number of rotatable bonds is 9. The largest absolute Gasteiger partial charge is 0.432 e. The Morgan fingerprint density at radius 1 is 0.857 bits per heavy atom. The number of carbonyl (C=O) groups is 1. The average Bonchev–Trinajstić information content (AvgIpc) is 3.66. The Kier molecular flexibility index (Phi) is 9.30. The molecule has 12 nitrogen and oxygen atoms in total. The van der Waals surface area contributed by atoms with Crippen molar-refractivity contribution in [3.05, 3.63) is 0 Å². The topological polar surface area (TPSA) is 218 Å². The zero-order chi connectivity index (χ0) is 36.3. The average molecular weight is 699 g/mol. The van der Waals surface area contributed by atoms with E-state index in [1.54, 1.807) is 6.92 Å². The minimum atomic E-state index is -1.76. The minimum Gasteiger partial charge on any atom is -0.432 e. The molecule has 5 saturated carbocycles. The van der Waals surface area contributed by atoms with E-state index in [1.165, 1.54) is 0 Å². The molecule has 282 valence electrons. The van der Waals surface area contributed by atoms with Crippen LogP contribution in [-0.2, 0) is 14.3 Å². The van der Waals surface area contributed by atoms with E-state index in [9.17, 15) is 50.8 Å². The maximum Gasteiger partial charge on any atom is 0.317 e. The van der Waals surface area contributed by atoms with E-state index in [-0.39, 0.29) is 47.0 Å². The Balaban J connectivity index is 1.25. The zero-order valence-corrected chi connectivity index (χ0v) is 30.1. The summed E-state index contributed by atoms with van der Waals surface area (Å²) in [5, 5.41) is 97.1. The fourth-order valence-corrected chi connectivity index (χ4v) is 12.9. The second-order valence-electron chi connectivity index (χ2n) is 18.4. The van der Waals surface area contributed by atoms with E-state index >= 15 is 0 Å². The van der Waals surface area contributed by atoms with Gasteiger partial charge in [-0.25, -0.2) is 0 Å². The third kappa shape index (κ3) is 4.94. The molecule has 1 aliphatic heterocycles. The second-order valence-corrected chi connectivity index (χ2v) is 18.4. The molecule has 0 aromatic carbocycles. The summed E-state index contributed by atoms with van der Waals surface area (Å²) in [6.45, 7) is 10.9. The summed E-state index contributed by atoms with van der Waals surface area (Å²) in [4.78, 5) is 14.1. The smallest absolute Gasteiger partial charge is 0.317 e. The Hall–Kier alpha value is -0.930. The highest BCUT2D eigenvalue weighted by Crippen LogP contribution is 2.89. The van der Waals surface area contributed by atoms with E-state index in [2.05, 4.69) is 13.8 Å². The van der Waals surface area contributed by atoms with Crippen LogP contribution < -0.4 is 0 Å². The molecular weight excluding hydrogens is 636 g/mol. The molecule has 0 radical (unpaired) electrons. The molecule has 0 aromatic rings. The van der Waals surface area contributed by atoms with Crippen molar-refractivity contribution in [3.63, 3.8) is 0 Å². The first kappa shape index (κ1) is 37.8. The quantitative estimate of drug-likeness (QED) is 0.154. The van der Waals surface area contributed by atoms with Crippen molar-refractivity contribution < 1.29 is 60.2 Å². The second kappa shape index (κ2) is 12.0. The molecule has 0 bridgehead atoms. The molecule has 2 spiro atoms. The summed E-state index contributed by atoms with van der Waals surface area (Å²) >= 11 is 0. The van der Waals surface area contributed by atoms with Gasteiger partial charge < -0.3 is 55.4 Å². The molecule has 6 fully saturated rings. The molecular formula is C37H62O12. The van der Waals surface area contributed by atoms with Crippen LogP contribution in [0, 0.1) is 50.7 Å². The van der Waals surface area contributed by atoms with Crippen molar-refractivity contribution in [2.75, 3.05) is 13.2 Å². The lowest BCUT2D eigenvalue weighted by Crippen LogP contribution is -2.65. The highest BCUT2D eigenvalue weighted by Gasteiger charge is 2.86. The lowest BCUT2D eigenvalue weighted by atomic mass is 9.41. The van der Waals surface area contributed by atoms with E-state index in [1.807, 2.05) is 20.8 Å². The minimum absolute atomic E-state index is 0.0137. The van der Waals surface area contributed by atoms with Gasteiger partial charge in [0.15, 0.2) is 0 Å². The molecule has 0 aromatic heterocycles. The third-order valence-electron chi connectivity index (χ3n) is 16.5. The van der Waals surface area contributed by atoms with Crippen molar-refractivity contribution in [2.45, 2.75) is 160 Å². The van der Waals surface area contributed by atoms with Crippen LogP contribution in [0.2, 0.25) is 0 Å². The van der Waals surface area contributed by atoms with Crippen LogP contribution >= 0.6 is 0 Å². The fourth-order valence-electron chi connectivity index (χ4n) is 12.9. The maximum atomic E-state index is 14.1. The number of hydrogen-bond acceptors (Lipinski definition) is 12. The summed E-state index contributed by atoms with van der Waals surface area (Å²) in [5.74, 6) is -1.20. The normalized spacial score (nSPS) is 53.0. The predicted octanol–water partition coefficient (Wildman–Crippen LogP) is 0.991. The van der Waals surface area contributed by atoms with Gasteiger partial charge in [-0.1, -0.05) is 27.7 Å². The molecule has 9 N–H and O–H groups in total. The standard InChI is InChI=1S/C37H62O12/c1-19(2)36(47,18-39)14-12-33(5,46)21-9-10-31(3)22-7-8-23-34(6,30(45)49-29-28(44)27(43)26(42)20(16-38)48-29)24(40)15-25(41)37(23)17-35(22,37)13-11-32(21,31)4/h19-29,38-44,46-47H,7-18H2,1-6H3. The Morgan fingerprint density at radius 3 is 2.12 bits per heavy atom. The Labute approximate surface area is 289 Å². The van der Waals surface area contributed by atoms with Gasteiger partial charge >= 0.3 is 5.97 Å². The van der Waals surface area contributed by atoms with Crippen molar-refractivity contribution in [1.29, 1.82) is 0 Å². The Morgan fingerprint density at radius 2 is 1.51 bits per heavy atom. The van der Waals surface area contributed by atoms with E-state index in [4.69, 9.17) is 9.47 Å². The number of fused-ring (bicyclic) bond motifs is 2. The highest BCUT2D eigenvalue weighted by atomic mass is 16.7. The summed E-state index contributed by atoms with van der Waals surface area (Å²) in [7, 11) is 0. The van der Waals surface area contributed by atoms with E-state index in [0.717, 1.165) is 38.5 Å².